The van der Waals surface area contributed by atoms with Crippen molar-refractivity contribution in [2.75, 3.05) is 5.75 Å². The maximum absolute atomic E-state index is 8.80. The second-order valence-corrected chi connectivity index (χ2v) is 5.22. The SMILES string of the molecule is N[C@@H](CSCc1ccccc1)P(O)O. The van der Waals surface area contributed by atoms with E-state index < -0.39 is 14.2 Å². The summed E-state index contributed by atoms with van der Waals surface area (Å²) in [5, 5.41) is 0. The standard InChI is InChI=1S/C9H14NO2PS/c10-9(13(11)12)7-14-6-8-4-2-1-3-5-8/h1-5,9,11-12H,6-7,10H2/t9-/m1/s1. The van der Waals surface area contributed by atoms with Crippen LogP contribution in [-0.2, 0) is 5.75 Å². The van der Waals surface area contributed by atoms with Crippen LogP contribution in [-0.4, -0.2) is 21.3 Å². The molecule has 78 valence electrons. The van der Waals surface area contributed by atoms with E-state index in [0.29, 0.717) is 5.75 Å². The molecule has 0 saturated carbocycles. The highest BCUT2D eigenvalue weighted by Crippen LogP contribution is 2.29. The van der Waals surface area contributed by atoms with Gasteiger partial charge in [0.15, 0.2) is 8.38 Å². The van der Waals surface area contributed by atoms with E-state index >= 15 is 0 Å². The lowest BCUT2D eigenvalue weighted by Crippen LogP contribution is -2.20. The minimum Gasteiger partial charge on any atom is -0.349 e. The van der Waals surface area contributed by atoms with E-state index in [1.807, 2.05) is 30.3 Å². The van der Waals surface area contributed by atoms with Crippen molar-refractivity contribution in [2.24, 2.45) is 5.73 Å². The first-order chi connectivity index (χ1) is 6.70. The van der Waals surface area contributed by atoms with Crippen molar-refractivity contribution >= 4 is 20.1 Å². The van der Waals surface area contributed by atoms with Gasteiger partial charge in [-0.25, -0.2) is 0 Å². The molecule has 0 aliphatic heterocycles. The molecule has 1 atom stereocenters. The third kappa shape index (κ3) is 4.40. The number of rotatable bonds is 5. The summed E-state index contributed by atoms with van der Waals surface area (Å²) >= 11 is 1.61. The molecule has 1 rings (SSSR count). The second kappa shape index (κ2) is 6.38. The van der Waals surface area contributed by atoms with Gasteiger partial charge in [0.05, 0.1) is 5.78 Å². The molecule has 0 fully saturated rings. The van der Waals surface area contributed by atoms with Gasteiger partial charge in [-0.1, -0.05) is 30.3 Å². The maximum atomic E-state index is 8.80. The zero-order valence-electron chi connectivity index (χ0n) is 7.71. The average Bonchev–Trinajstić information content (AvgIpc) is 2.19. The summed E-state index contributed by atoms with van der Waals surface area (Å²) in [4.78, 5) is 17.6. The first kappa shape index (κ1) is 12.0. The Labute approximate surface area is 89.3 Å². The summed E-state index contributed by atoms with van der Waals surface area (Å²) in [6, 6.07) is 10.0. The first-order valence-corrected chi connectivity index (χ1v) is 6.71. The molecule has 14 heavy (non-hydrogen) atoms. The summed E-state index contributed by atoms with van der Waals surface area (Å²) < 4.78 is 0. The number of nitrogens with two attached hydrogens (primary N) is 1. The molecule has 0 aliphatic rings. The summed E-state index contributed by atoms with van der Waals surface area (Å²) in [5.74, 6) is 0.935. The molecule has 0 amide bonds. The van der Waals surface area contributed by atoms with Crippen molar-refractivity contribution in [1.82, 2.24) is 0 Å². The van der Waals surface area contributed by atoms with Gasteiger partial charge < -0.3 is 15.5 Å². The zero-order valence-corrected chi connectivity index (χ0v) is 9.42. The molecule has 0 spiro atoms. The summed E-state index contributed by atoms with van der Waals surface area (Å²) in [6.07, 6.45) is 0. The lowest BCUT2D eigenvalue weighted by molar-refractivity contribution is 0.470. The predicted molar refractivity (Wildman–Crippen MR) is 61.9 cm³/mol. The van der Waals surface area contributed by atoms with Crippen LogP contribution in [0, 0.1) is 0 Å². The van der Waals surface area contributed by atoms with Gasteiger partial charge in [-0.05, 0) is 5.56 Å². The molecule has 0 saturated heterocycles. The van der Waals surface area contributed by atoms with Crippen LogP contribution >= 0.6 is 20.1 Å². The molecule has 0 radical (unpaired) electrons. The number of hydrogen-bond donors (Lipinski definition) is 3. The van der Waals surface area contributed by atoms with Gasteiger partial charge in [0.2, 0.25) is 0 Å². The van der Waals surface area contributed by atoms with E-state index in [2.05, 4.69) is 0 Å². The van der Waals surface area contributed by atoms with E-state index in [0.717, 1.165) is 5.75 Å². The Hall–Kier alpha value is -0.120. The van der Waals surface area contributed by atoms with Crippen LogP contribution in [0.15, 0.2) is 30.3 Å². The average molecular weight is 231 g/mol. The van der Waals surface area contributed by atoms with Crippen molar-refractivity contribution in [2.45, 2.75) is 11.5 Å². The minimum absolute atomic E-state index is 0.501. The molecule has 1 aromatic rings. The smallest absolute Gasteiger partial charge is 0.183 e. The summed E-state index contributed by atoms with van der Waals surface area (Å²) in [7, 11) is -1.99. The highest BCUT2D eigenvalue weighted by molar-refractivity contribution is 7.98. The fourth-order valence-electron chi connectivity index (χ4n) is 0.938. The lowest BCUT2D eigenvalue weighted by atomic mass is 10.2. The molecular weight excluding hydrogens is 217 g/mol. The van der Waals surface area contributed by atoms with Gasteiger partial charge in [0, 0.05) is 11.5 Å². The highest BCUT2D eigenvalue weighted by Gasteiger charge is 2.11. The number of hydrogen-bond acceptors (Lipinski definition) is 4. The molecular formula is C9H14NO2PS. The van der Waals surface area contributed by atoms with Crippen molar-refractivity contribution in [3.05, 3.63) is 35.9 Å². The van der Waals surface area contributed by atoms with Crippen LogP contribution in [0.3, 0.4) is 0 Å². The molecule has 0 unspecified atom stereocenters. The molecule has 4 N–H and O–H groups in total. The monoisotopic (exact) mass is 231 g/mol. The quantitative estimate of drug-likeness (QED) is 0.672. The van der Waals surface area contributed by atoms with Crippen molar-refractivity contribution < 1.29 is 9.79 Å². The summed E-state index contributed by atoms with van der Waals surface area (Å²) in [5.41, 5.74) is 6.72. The van der Waals surface area contributed by atoms with E-state index in [1.54, 1.807) is 11.8 Å². The Bertz CT molecular complexity index is 258. The maximum Gasteiger partial charge on any atom is 0.183 e. The van der Waals surface area contributed by atoms with Crippen molar-refractivity contribution in [1.29, 1.82) is 0 Å². The molecule has 0 aromatic heterocycles. The fraction of sp³-hybridized carbons (Fsp3) is 0.333. The lowest BCUT2D eigenvalue weighted by Gasteiger charge is -2.11. The number of thioether (sulfide) groups is 1. The predicted octanol–water partition coefficient (Wildman–Crippen LogP) is 1.50. The van der Waals surface area contributed by atoms with Crippen LogP contribution in [0.25, 0.3) is 0 Å². The zero-order chi connectivity index (χ0) is 10.4. The van der Waals surface area contributed by atoms with E-state index in [9.17, 15) is 0 Å². The third-order valence-corrected chi connectivity index (χ3v) is 3.85. The van der Waals surface area contributed by atoms with Crippen LogP contribution in [0.1, 0.15) is 5.56 Å². The third-order valence-electron chi connectivity index (χ3n) is 1.70. The normalized spacial score (nSPS) is 13.1. The van der Waals surface area contributed by atoms with Gasteiger partial charge in [-0.2, -0.15) is 11.8 Å². The van der Waals surface area contributed by atoms with Gasteiger partial charge in [-0.3, -0.25) is 0 Å². The minimum atomic E-state index is -1.99. The second-order valence-electron chi connectivity index (χ2n) is 2.89. The Morgan fingerprint density at radius 1 is 1.29 bits per heavy atom. The van der Waals surface area contributed by atoms with Crippen LogP contribution in [0.2, 0.25) is 0 Å². The molecule has 5 heteroatoms. The molecule has 3 nitrogen and oxygen atoms in total. The molecule has 0 aliphatic carbocycles. The Kier molecular flexibility index (Phi) is 5.45. The molecule has 0 bridgehead atoms. The fourth-order valence-corrected chi connectivity index (χ4v) is 2.58. The first-order valence-electron chi connectivity index (χ1n) is 4.24. The van der Waals surface area contributed by atoms with Crippen LogP contribution in [0.4, 0.5) is 0 Å². The number of benzene rings is 1. The van der Waals surface area contributed by atoms with E-state index in [-0.39, 0.29) is 0 Å². The van der Waals surface area contributed by atoms with Gasteiger partial charge in [0.1, 0.15) is 0 Å². The van der Waals surface area contributed by atoms with E-state index in [4.69, 9.17) is 15.5 Å². The topological polar surface area (TPSA) is 66.5 Å². The van der Waals surface area contributed by atoms with Crippen LogP contribution < -0.4 is 5.73 Å². The van der Waals surface area contributed by atoms with Gasteiger partial charge >= 0.3 is 0 Å². The van der Waals surface area contributed by atoms with Gasteiger partial charge in [-0.15, -0.1) is 0 Å². The Balaban J connectivity index is 2.22. The molecule has 0 heterocycles. The van der Waals surface area contributed by atoms with Gasteiger partial charge in [0.25, 0.3) is 0 Å². The van der Waals surface area contributed by atoms with E-state index in [1.165, 1.54) is 5.56 Å². The van der Waals surface area contributed by atoms with Crippen molar-refractivity contribution in [3.63, 3.8) is 0 Å². The summed E-state index contributed by atoms with van der Waals surface area (Å²) in [6.45, 7) is 0. The van der Waals surface area contributed by atoms with Crippen LogP contribution in [0.5, 0.6) is 0 Å². The highest BCUT2D eigenvalue weighted by atomic mass is 32.2. The van der Waals surface area contributed by atoms with Crippen molar-refractivity contribution in [3.8, 4) is 0 Å². The Morgan fingerprint density at radius 3 is 2.50 bits per heavy atom. The Morgan fingerprint density at radius 2 is 1.93 bits per heavy atom. The molecule has 1 aromatic carbocycles. The largest absolute Gasteiger partial charge is 0.349 e.